The van der Waals surface area contributed by atoms with Gasteiger partial charge in [0.05, 0.1) is 19.4 Å². The number of thiophene rings is 1. The molecule has 0 saturated carbocycles. The van der Waals surface area contributed by atoms with E-state index in [0.29, 0.717) is 17.1 Å². The predicted octanol–water partition coefficient (Wildman–Crippen LogP) is 4.44. The second-order valence-corrected chi connectivity index (χ2v) is 7.63. The molecule has 7 nitrogen and oxygen atoms in total. The number of nitrogens with zero attached hydrogens (tertiary/aromatic N) is 2. The van der Waals surface area contributed by atoms with Crippen LogP contribution in [0, 0.1) is 13.8 Å². The molecule has 30 heavy (non-hydrogen) atoms. The van der Waals surface area contributed by atoms with Crippen LogP contribution in [-0.2, 0) is 16.1 Å². The normalized spacial score (nSPS) is 10.7. The standard InChI is InChI=1S/C22H25N3O4S/c1-5-29-22(27)20-18(16-6-8-17(28-4)9-7-16)13-30-21(20)23-19(26)10-11-25-15(3)12-14(2)24-25/h6-9,12-13H,5,10-11H2,1-4H3,(H,23,26). The lowest BCUT2D eigenvalue weighted by atomic mass is 10.0. The van der Waals surface area contributed by atoms with Crippen LogP contribution in [0.4, 0.5) is 5.00 Å². The van der Waals surface area contributed by atoms with Gasteiger partial charge in [-0.2, -0.15) is 5.10 Å². The van der Waals surface area contributed by atoms with Crippen LogP contribution in [0.5, 0.6) is 5.75 Å². The predicted molar refractivity (Wildman–Crippen MR) is 117 cm³/mol. The molecule has 158 valence electrons. The van der Waals surface area contributed by atoms with E-state index in [4.69, 9.17) is 9.47 Å². The van der Waals surface area contributed by atoms with Gasteiger partial charge in [0.15, 0.2) is 0 Å². The molecule has 0 saturated heterocycles. The van der Waals surface area contributed by atoms with E-state index in [2.05, 4.69) is 10.4 Å². The molecule has 0 radical (unpaired) electrons. The minimum atomic E-state index is -0.460. The van der Waals surface area contributed by atoms with E-state index in [1.807, 2.05) is 49.6 Å². The van der Waals surface area contributed by atoms with Crippen molar-refractivity contribution in [2.24, 2.45) is 0 Å². The fraction of sp³-hybridized carbons (Fsp3) is 0.318. The maximum Gasteiger partial charge on any atom is 0.341 e. The number of carbonyl (C=O) groups is 2. The lowest BCUT2D eigenvalue weighted by Crippen LogP contribution is -2.17. The van der Waals surface area contributed by atoms with Gasteiger partial charge < -0.3 is 14.8 Å². The zero-order chi connectivity index (χ0) is 21.7. The highest BCUT2D eigenvalue weighted by Gasteiger charge is 2.23. The van der Waals surface area contributed by atoms with Crippen LogP contribution in [0.25, 0.3) is 11.1 Å². The average Bonchev–Trinajstić information content (AvgIpc) is 3.28. The molecule has 0 fully saturated rings. The molecule has 1 aromatic carbocycles. The van der Waals surface area contributed by atoms with Crippen molar-refractivity contribution < 1.29 is 19.1 Å². The Balaban J connectivity index is 1.81. The highest BCUT2D eigenvalue weighted by molar-refractivity contribution is 7.15. The van der Waals surface area contributed by atoms with Gasteiger partial charge in [0.25, 0.3) is 0 Å². The summed E-state index contributed by atoms with van der Waals surface area (Å²) in [5.41, 5.74) is 3.85. The molecule has 0 aliphatic rings. The molecule has 8 heteroatoms. The summed E-state index contributed by atoms with van der Waals surface area (Å²) in [6.45, 7) is 6.35. The summed E-state index contributed by atoms with van der Waals surface area (Å²) in [6, 6.07) is 9.37. The van der Waals surface area contributed by atoms with Crippen LogP contribution < -0.4 is 10.1 Å². The highest BCUT2D eigenvalue weighted by Crippen LogP contribution is 2.37. The smallest absolute Gasteiger partial charge is 0.341 e. The van der Waals surface area contributed by atoms with Crippen molar-refractivity contribution in [1.29, 1.82) is 0 Å². The number of carbonyl (C=O) groups excluding carboxylic acids is 2. The second-order valence-electron chi connectivity index (χ2n) is 6.75. The van der Waals surface area contributed by atoms with E-state index in [9.17, 15) is 9.59 Å². The van der Waals surface area contributed by atoms with Crippen molar-refractivity contribution in [2.45, 2.75) is 33.7 Å². The second kappa shape index (κ2) is 9.58. The molecule has 0 bridgehead atoms. The molecule has 0 spiro atoms. The van der Waals surface area contributed by atoms with Crippen molar-refractivity contribution in [3.8, 4) is 16.9 Å². The number of ether oxygens (including phenoxy) is 2. The first-order valence-electron chi connectivity index (χ1n) is 9.66. The Morgan fingerprint density at radius 2 is 1.93 bits per heavy atom. The lowest BCUT2D eigenvalue weighted by Gasteiger charge is -2.10. The number of rotatable bonds is 8. The minimum absolute atomic E-state index is 0.184. The Labute approximate surface area is 179 Å². The molecular formula is C22H25N3O4S. The summed E-state index contributed by atoms with van der Waals surface area (Å²) in [6.07, 6.45) is 0.250. The zero-order valence-electron chi connectivity index (χ0n) is 17.5. The van der Waals surface area contributed by atoms with Crippen LogP contribution >= 0.6 is 11.3 Å². The molecule has 1 N–H and O–H groups in total. The van der Waals surface area contributed by atoms with Crippen LogP contribution in [-0.4, -0.2) is 35.4 Å². The molecule has 0 aliphatic carbocycles. The molecule has 3 aromatic rings. The Kier molecular flexibility index (Phi) is 6.89. The average molecular weight is 428 g/mol. The third-order valence-corrected chi connectivity index (χ3v) is 5.47. The SMILES string of the molecule is CCOC(=O)c1c(-c2ccc(OC)cc2)csc1NC(=O)CCn1nc(C)cc1C. The van der Waals surface area contributed by atoms with Gasteiger partial charge in [-0.3, -0.25) is 9.48 Å². The number of nitrogens with one attached hydrogen (secondary N) is 1. The molecule has 2 heterocycles. The molecular weight excluding hydrogens is 402 g/mol. The fourth-order valence-electron chi connectivity index (χ4n) is 3.14. The summed E-state index contributed by atoms with van der Waals surface area (Å²) in [5, 5.41) is 9.58. The van der Waals surface area contributed by atoms with Crippen LogP contribution in [0.3, 0.4) is 0 Å². The monoisotopic (exact) mass is 427 g/mol. The number of anilines is 1. The van der Waals surface area contributed by atoms with Crippen LogP contribution in [0.15, 0.2) is 35.7 Å². The summed E-state index contributed by atoms with van der Waals surface area (Å²) in [5.74, 6) is 0.0824. The minimum Gasteiger partial charge on any atom is -0.497 e. The number of methoxy groups -OCH3 is 1. The van der Waals surface area contributed by atoms with Crippen LogP contribution in [0.2, 0.25) is 0 Å². The number of benzene rings is 1. The Hall–Kier alpha value is -3.13. The summed E-state index contributed by atoms with van der Waals surface area (Å²) >= 11 is 1.31. The summed E-state index contributed by atoms with van der Waals surface area (Å²) in [7, 11) is 1.60. The van der Waals surface area contributed by atoms with Gasteiger partial charge in [0, 0.05) is 29.6 Å². The Bertz CT molecular complexity index is 1040. The lowest BCUT2D eigenvalue weighted by molar-refractivity contribution is -0.116. The Morgan fingerprint density at radius 1 is 1.20 bits per heavy atom. The summed E-state index contributed by atoms with van der Waals surface area (Å²) < 4.78 is 12.2. The van der Waals surface area contributed by atoms with Crippen molar-refractivity contribution >= 4 is 28.2 Å². The number of hydrogen-bond donors (Lipinski definition) is 1. The maximum atomic E-state index is 12.6. The number of esters is 1. The first-order chi connectivity index (χ1) is 14.4. The van der Waals surface area contributed by atoms with Crippen molar-refractivity contribution in [3.05, 3.63) is 52.7 Å². The molecule has 0 aliphatic heterocycles. The molecule has 2 aromatic heterocycles. The van der Waals surface area contributed by atoms with Gasteiger partial charge in [-0.25, -0.2) is 4.79 Å². The third-order valence-electron chi connectivity index (χ3n) is 4.58. The number of aromatic nitrogens is 2. The number of amides is 1. The van der Waals surface area contributed by atoms with Gasteiger partial charge in [-0.1, -0.05) is 12.1 Å². The number of hydrogen-bond acceptors (Lipinski definition) is 6. The molecule has 1 amide bonds. The van der Waals surface area contributed by atoms with E-state index in [-0.39, 0.29) is 18.9 Å². The summed E-state index contributed by atoms with van der Waals surface area (Å²) in [4.78, 5) is 25.2. The first-order valence-corrected chi connectivity index (χ1v) is 10.5. The molecule has 3 rings (SSSR count). The highest BCUT2D eigenvalue weighted by atomic mass is 32.1. The van der Waals surface area contributed by atoms with Gasteiger partial charge in [-0.05, 0) is 44.5 Å². The van der Waals surface area contributed by atoms with Gasteiger partial charge in [-0.15, -0.1) is 11.3 Å². The van der Waals surface area contributed by atoms with Crippen molar-refractivity contribution in [1.82, 2.24) is 9.78 Å². The van der Waals surface area contributed by atoms with E-state index in [1.54, 1.807) is 18.7 Å². The first kappa shape index (κ1) is 21.6. The quantitative estimate of drug-likeness (QED) is 0.537. The molecule has 0 unspecified atom stereocenters. The van der Waals surface area contributed by atoms with E-state index in [0.717, 1.165) is 28.3 Å². The van der Waals surface area contributed by atoms with Gasteiger partial charge >= 0.3 is 5.97 Å². The van der Waals surface area contributed by atoms with Crippen molar-refractivity contribution in [2.75, 3.05) is 19.0 Å². The zero-order valence-corrected chi connectivity index (χ0v) is 18.3. The van der Waals surface area contributed by atoms with E-state index in [1.165, 1.54) is 11.3 Å². The largest absolute Gasteiger partial charge is 0.497 e. The van der Waals surface area contributed by atoms with Crippen LogP contribution in [0.1, 0.15) is 35.1 Å². The third kappa shape index (κ3) is 4.88. The number of aryl methyl sites for hydroxylation is 3. The maximum absolute atomic E-state index is 12.6. The molecule has 0 atom stereocenters. The van der Waals surface area contributed by atoms with Crippen molar-refractivity contribution in [3.63, 3.8) is 0 Å². The fourth-order valence-corrected chi connectivity index (χ4v) is 4.11. The Morgan fingerprint density at radius 3 is 2.53 bits per heavy atom. The van der Waals surface area contributed by atoms with E-state index >= 15 is 0 Å². The van der Waals surface area contributed by atoms with E-state index < -0.39 is 5.97 Å². The van der Waals surface area contributed by atoms with Gasteiger partial charge in [0.2, 0.25) is 5.91 Å². The van der Waals surface area contributed by atoms with Gasteiger partial charge in [0.1, 0.15) is 16.3 Å². The topological polar surface area (TPSA) is 82.5 Å².